The Kier molecular flexibility index (Phi) is 5.40. The van der Waals surface area contributed by atoms with E-state index in [1.807, 2.05) is 4.90 Å². The van der Waals surface area contributed by atoms with Gasteiger partial charge in [-0.05, 0) is 38.6 Å². The van der Waals surface area contributed by atoms with Gasteiger partial charge in [0.25, 0.3) is 0 Å². The Morgan fingerprint density at radius 3 is 2.75 bits per heavy atom. The summed E-state index contributed by atoms with van der Waals surface area (Å²) in [7, 11) is -3.20. The molecule has 2 unspecified atom stereocenters. The van der Waals surface area contributed by atoms with Crippen molar-refractivity contribution in [1.82, 2.24) is 14.9 Å². The van der Waals surface area contributed by atoms with E-state index >= 15 is 0 Å². The Bertz CT molecular complexity index is 432. The average Bonchev–Trinajstić information content (AvgIpc) is 2.88. The molecule has 0 aliphatic carbocycles. The van der Waals surface area contributed by atoms with Gasteiger partial charge in [-0.25, -0.2) is 13.1 Å². The number of hydrogen-bond donors (Lipinski definition) is 2. The Balaban J connectivity index is 1.89. The number of hydrogen-bond acceptors (Lipinski definition) is 4. The fraction of sp³-hybridized carbons (Fsp3) is 0.923. The van der Waals surface area contributed by atoms with Gasteiger partial charge in [0, 0.05) is 31.6 Å². The number of likely N-dealkylation sites (tertiary alicyclic amines) is 1. The van der Waals surface area contributed by atoms with Gasteiger partial charge in [-0.2, -0.15) is 0 Å². The first-order valence-electron chi connectivity index (χ1n) is 7.43. The number of amides is 1. The van der Waals surface area contributed by atoms with E-state index in [9.17, 15) is 13.2 Å². The monoisotopic (exact) mass is 303 g/mol. The van der Waals surface area contributed by atoms with E-state index in [0.29, 0.717) is 19.0 Å². The van der Waals surface area contributed by atoms with E-state index in [4.69, 9.17) is 0 Å². The Labute approximate surface area is 121 Å². The summed E-state index contributed by atoms with van der Waals surface area (Å²) in [5.41, 5.74) is 0. The number of nitrogens with zero attached hydrogens (tertiary/aromatic N) is 1. The molecule has 2 N–H and O–H groups in total. The third-order valence-corrected chi connectivity index (χ3v) is 4.80. The molecule has 0 bridgehead atoms. The van der Waals surface area contributed by atoms with Crippen molar-refractivity contribution in [3.63, 3.8) is 0 Å². The predicted molar refractivity (Wildman–Crippen MR) is 77.8 cm³/mol. The van der Waals surface area contributed by atoms with E-state index in [1.165, 1.54) is 0 Å². The van der Waals surface area contributed by atoms with Crippen LogP contribution in [0.3, 0.4) is 0 Å². The first-order chi connectivity index (χ1) is 9.46. The second-order valence-electron chi connectivity index (χ2n) is 5.85. The van der Waals surface area contributed by atoms with Crippen LogP contribution in [0.15, 0.2) is 0 Å². The number of carbonyl (C=O) groups excluding carboxylic acids is 1. The summed E-state index contributed by atoms with van der Waals surface area (Å²) in [6, 6.07) is 0.306. The average molecular weight is 303 g/mol. The van der Waals surface area contributed by atoms with Crippen molar-refractivity contribution in [2.45, 2.75) is 50.6 Å². The topological polar surface area (TPSA) is 78.5 Å². The summed E-state index contributed by atoms with van der Waals surface area (Å²) in [6.07, 6.45) is 6.84. The number of rotatable bonds is 5. The minimum absolute atomic E-state index is 0.00683. The second-order valence-corrected chi connectivity index (χ2v) is 7.69. The lowest BCUT2D eigenvalue weighted by atomic mass is 10.0. The lowest BCUT2D eigenvalue weighted by Gasteiger charge is -2.36. The zero-order valence-corrected chi connectivity index (χ0v) is 12.9. The van der Waals surface area contributed by atoms with Gasteiger partial charge in [-0.3, -0.25) is 4.79 Å². The molecule has 116 valence electrons. The van der Waals surface area contributed by atoms with Crippen LogP contribution in [0.4, 0.5) is 0 Å². The zero-order chi connectivity index (χ0) is 14.6. The third-order valence-electron chi connectivity index (χ3n) is 4.11. The summed E-state index contributed by atoms with van der Waals surface area (Å²) < 4.78 is 24.9. The summed E-state index contributed by atoms with van der Waals surface area (Å²) in [5.74, 6) is 0.157. The van der Waals surface area contributed by atoms with E-state index in [0.717, 1.165) is 51.4 Å². The Morgan fingerprint density at radius 2 is 2.10 bits per heavy atom. The van der Waals surface area contributed by atoms with Crippen molar-refractivity contribution in [2.24, 2.45) is 0 Å². The fourth-order valence-electron chi connectivity index (χ4n) is 3.05. The van der Waals surface area contributed by atoms with Crippen LogP contribution in [-0.4, -0.2) is 57.2 Å². The van der Waals surface area contributed by atoms with E-state index in [-0.39, 0.29) is 11.9 Å². The SMILES string of the molecule is CS(=O)(=O)NCC1CCCCN1C(=O)CC1CCCN1. The van der Waals surface area contributed by atoms with E-state index in [2.05, 4.69) is 10.0 Å². The highest BCUT2D eigenvalue weighted by Crippen LogP contribution is 2.19. The molecule has 20 heavy (non-hydrogen) atoms. The van der Waals surface area contributed by atoms with E-state index < -0.39 is 10.0 Å². The van der Waals surface area contributed by atoms with Crippen LogP contribution in [0, 0.1) is 0 Å². The molecule has 0 aromatic carbocycles. The van der Waals surface area contributed by atoms with Crippen molar-refractivity contribution in [3.05, 3.63) is 0 Å². The lowest BCUT2D eigenvalue weighted by Crippen LogP contribution is -2.50. The van der Waals surface area contributed by atoms with Gasteiger partial charge in [0.2, 0.25) is 15.9 Å². The van der Waals surface area contributed by atoms with E-state index in [1.54, 1.807) is 0 Å². The number of piperidine rings is 1. The van der Waals surface area contributed by atoms with Gasteiger partial charge >= 0.3 is 0 Å². The first kappa shape index (κ1) is 15.7. The van der Waals surface area contributed by atoms with Gasteiger partial charge in [0.1, 0.15) is 0 Å². The first-order valence-corrected chi connectivity index (χ1v) is 9.32. The molecule has 2 rings (SSSR count). The van der Waals surface area contributed by atoms with Crippen LogP contribution in [0.2, 0.25) is 0 Å². The highest BCUT2D eigenvalue weighted by Gasteiger charge is 2.29. The molecule has 0 aromatic rings. The maximum absolute atomic E-state index is 12.4. The minimum atomic E-state index is -3.20. The lowest BCUT2D eigenvalue weighted by molar-refractivity contribution is -0.135. The normalized spacial score (nSPS) is 27.8. The Morgan fingerprint density at radius 1 is 1.30 bits per heavy atom. The van der Waals surface area contributed by atoms with Crippen LogP contribution in [0.25, 0.3) is 0 Å². The van der Waals surface area contributed by atoms with Crippen LogP contribution >= 0.6 is 0 Å². The maximum Gasteiger partial charge on any atom is 0.224 e. The van der Waals surface area contributed by atoms with Crippen molar-refractivity contribution in [2.75, 3.05) is 25.9 Å². The van der Waals surface area contributed by atoms with Crippen molar-refractivity contribution < 1.29 is 13.2 Å². The zero-order valence-electron chi connectivity index (χ0n) is 12.1. The van der Waals surface area contributed by atoms with Crippen LogP contribution in [-0.2, 0) is 14.8 Å². The molecule has 2 heterocycles. The molecule has 0 spiro atoms. The minimum Gasteiger partial charge on any atom is -0.338 e. The smallest absolute Gasteiger partial charge is 0.224 e. The maximum atomic E-state index is 12.4. The largest absolute Gasteiger partial charge is 0.338 e. The van der Waals surface area contributed by atoms with Crippen molar-refractivity contribution >= 4 is 15.9 Å². The molecule has 2 saturated heterocycles. The number of carbonyl (C=O) groups is 1. The molecule has 1 amide bonds. The second kappa shape index (κ2) is 6.87. The predicted octanol–water partition coefficient (Wildman–Crippen LogP) is 0.0588. The molecule has 0 saturated carbocycles. The van der Waals surface area contributed by atoms with Gasteiger partial charge in [-0.15, -0.1) is 0 Å². The van der Waals surface area contributed by atoms with Gasteiger partial charge in [-0.1, -0.05) is 0 Å². The highest BCUT2D eigenvalue weighted by molar-refractivity contribution is 7.88. The van der Waals surface area contributed by atoms with Crippen molar-refractivity contribution in [3.8, 4) is 0 Å². The van der Waals surface area contributed by atoms with Gasteiger partial charge < -0.3 is 10.2 Å². The molecule has 2 fully saturated rings. The molecule has 2 aliphatic rings. The molecule has 6 nitrogen and oxygen atoms in total. The summed E-state index contributed by atoms with van der Waals surface area (Å²) >= 11 is 0. The van der Waals surface area contributed by atoms with Gasteiger partial charge in [0.05, 0.1) is 6.26 Å². The Hall–Kier alpha value is -0.660. The summed E-state index contributed by atoms with van der Waals surface area (Å²) in [6.45, 7) is 2.08. The van der Waals surface area contributed by atoms with Gasteiger partial charge in [0.15, 0.2) is 0 Å². The number of sulfonamides is 1. The fourth-order valence-corrected chi connectivity index (χ4v) is 3.54. The summed E-state index contributed by atoms with van der Waals surface area (Å²) in [4.78, 5) is 14.3. The molecule has 2 atom stereocenters. The molecule has 0 radical (unpaired) electrons. The third kappa shape index (κ3) is 4.71. The molecule has 0 aromatic heterocycles. The molecular formula is C13H25N3O3S. The molecular weight excluding hydrogens is 278 g/mol. The van der Waals surface area contributed by atoms with Crippen LogP contribution in [0.1, 0.15) is 38.5 Å². The molecule has 7 heteroatoms. The standard InChI is InChI=1S/C13H25N3O3S/c1-20(18,19)15-10-12-6-2-3-8-16(12)13(17)9-11-5-4-7-14-11/h11-12,14-15H,2-10H2,1H3. The van der Waals surface area contributed by atoms with Crippen LogP contribution < -0.4 is 10.0 Å². The molecule has 2 aliphatic heterocycles. The quantitative estimate of drug-likeness (QED) is 0.753. The number of nitrogens with one attached hydrogen (secondary N) is 2. The highest BCUT2D eigenvalue weighted by atomic mass is 32.2. The summed E-state index contributed by atoms with van der Waals surface area (Å²) in [5, 5.41) is 3.34. The van der Waals surface area contributed by atoms with Crippen molar-refractivity contribution in [1.29, 1.82) is 0 Å². The van der Waals surface area contributed by atoms with Crippen LogP contribution in [0.5, 0.6) is 0 Å².